The normalized spacial score (nSPS) is 18.1. The number of rotatable bonds is 2. The van der Waals surface area contributed by atoms with E-state index in [9.17, 15) is 14.7 Å². The Balaban J connectivity index is 1.72. The summed E-state index contributed by atoms with van der Waals surface area (Å²) in [4.78, 5) is 11.4. The van der Waals surface area contributed by atoms with Gasteiger partial charge in [0.25, 0.3) is 0 Å². The largest absolute Gasteiger partial charge is 0.389 e. The fourth-order valence-corrected chi connectivity index (χ4v) is 5.66. The molecule has 1 aliphatic heterocycles. The number of hydrogen-bond acceptors (Lipinski definition) is 8. The fourth-order valence-electron chi connectivity index (χ4n) is 3.83. The highest BCUT2D eigenvalue weighted by molar-refractivity contribution is 7.84. The maximum absolute atomic E-state index is 11.8. The quantitative estimate of drug-likeness (QED) is 0.599. The van der Waals surface area contributed by atoms with Crippen molar-refractivity contribution >= 4 is 44.6 Å². The molecule has 0 unspecified atom stereocenters. The van der Waals surface area contributed by atoms with Crippen LogP contribution in [0, 0.1) is 22.7 Å². The first-order valence-corrected chi connectivity index (χ1v) is 10.5. The summed E-state index contributed by atoms with van der Waals surface area (Å²) in [6.45, 7) is 1.23. The second-order valence-corrected chi connectivity index (χ2v) is 9.22. The minimum Gasteiger partial charge on any atom is -0.389 e. The Morgan fingerprint density at radius 2 is 2.00 bits per heavy atom. The Morgan fingerprint density at radius 3 is 2.62 bits per heavy atom. The number of aryl methyl sites for hydroxylation is 1. The zero-order chi connectivity index (χ0) is 18.6. The molecule has 2 aromatic heterocycles. The van der Waals surface area contributed by atoms with E-state index in [1.165, 1.54) is 22.5 Å². The zero-order valence-corrected chi connectivity index (χ0v) is 16.1. The van der Waals surface area contributed by atoms with Crippen LogP contribution >= 0.6 is 22.9 Å². The van der Waals surface area contributed by atoms with Gasteiger partial charge in [-0.1, -0.05) is 11.6 Å². The van der Waals surface area contributed by atoms with Crippen molar-refractivity contribution < 1.29 is 4.21 Å². The molecule has 1 aliphatic carbocycles. The molecule has 1 fully saturated rings. The van der Waals surface area contributed by atoms with Crippen LogP contribution in [0.1, 0.15) is 28.0 Å². The van der Waals surface area contributed by atoms with E-state index in [1.54, 1.807) is 0 Å². The van der Waals surface area contributed by atoms with Crippen LogP contribution in [-0.4, -0.2) is 33.5 Å². The number of nitrogens with zero attached hydrogens (tertiary/aromatic N) is 5. The van der Waals surface area contributed by atoms with Crippen molar-refractivity contribution in [3.63, 3.8) is 0 Å². The summed E-state index contributed by atoms with van der Waals surface area (Å²) in [6, 6.07) is 4.27. The molecule has 0 amide bonds. The van der Waals surface area contributed by atoms with Gasteiger partial charge in [-0.15, -0.1) is 11.3 Å². The maximum Gasteiger partial charge on any atom is 0.221 e. The lowest BCUT2D eigenvalue weighted by atomic mass is 9.74. The summed E-state index contributed by atoms with van der Waals surface area (Å²) in [7, 11) is -1.40. The molecule has 4 rings (SSSR count). The fraction of sp³-hybridized carbons (Fsp3) is 0.375. The molecule has 1 saturated heterocycles. The molecule has 26 heavy (non-hydrogen) atoms. The number of nitriles is 2. The molecule has 2 aromatic rings. The maximum atomic E-state index is 11.8. The number of nitrogens with two attached hydrogens (primary N) is 1. The number of anilines is 2. The van der Waals surface area contributed by atoms with Crippen molar-refractivity contribution in [2.75, 3.05) is 30.0 Å². The molecule has 0 aromatic carbocycles. The number of halogens is 1. The first-order chi connectivity index (χ1) is 12.4. The van der Waals surface area contributed by atoms with Crippen LogP contribution in [-0.2, 0) is 22.6 Å². The first kappa shape index (κ1) is 17.2. The summed E-state index contributed by atoms with van der Waals surface area (Å²) in [5.41, 5.74) is 7.66. The van der Waals surface area contributed by atoms with Gasteiger partial charge in [-0.3, -0.25) is 4.21 Å². The van der Waals surface area contributed by atoms with E-state index in [0.717, 1.165) is 18.4 Å². The lowest BCUT2D eigenvalue weighted by Gasteiger charge is -2.49. The number of nitrogen functional groups attached to an aromatic ring is 1. The highest BCUT2D eigenvalue weighted by atomic mass is 35.5. The van der Waals surface area contributed by atoms with Crippen LogP contribution in [0.3, 0.4) is 0 Å². The van der Waals surface area contributed by atoms with Gasteiger partial charge in [-0.2, -0.15) is 10.5 Å². The van der Waals surface area contributed by atoms with Gasteiger partial charge in [0.15, 0.2) is 11.0 Å². The summed E-state index contributed by atoms with van der Waals surface area (Å²) < 4.78 is 11.8. The van der Waals surface area contributed by atoms with Gasteiger partial charge in [0.2, 0.25) is 5.16 Å². The minimum absolute atomic E-state index is 0.00764. The van der Waals surface area contributed by atoms with Crippen molar-refractivity contribution in [2.24, 2.45) is 0 Å². The molecular weight excluding hydrogens is 392 g/mol. The highest BCUT2D eigenvalue weighted by Crippen LogP contribution is 2.52. The molecule has 7 nitrogen and oxygen atoms in total. The average molecular weight is 405 g/mol. The molecular formula is C16H13ClN6OS2. The Hall–Kier alpha value is -2.20. The predicted octanol–water partition coefficient (Wildman–Crippen LogP) is 1.96. The van der Waals surface area contributed by atoms with Gasteiger partial charge in [-0.25, -0.2) is 9.97 Å². The second kappa shape index (κ2) is 5.92. The Labute approximate surface area is 161 Å². The van der Waals surface area contributed by atoms with Crippen molar-refractivity contribution in [3.05, 3.63) is 26.7 Å². The molecule has 132 valence electrons. The van der Waals surface area contributed by atoms with Crippen LogP contribution in [0.15, 0.2) is 5.16 Å². The molecule has 2 aliphatic rings. The van der Waals surface area contributed by atoms with Crippen LogP contribution in [0.2, 0.25) is 5.15 Å². The molecule has 0 bridgehead atoms. The Kier molecular flexibility index (Phi) is 3.92. The first-order valence-electron chi connectivity index (χ1n) is 7.78. The van der Waals surface area contributed by atoms with Gasteiger partial charge in [0, 0.05) is 29.6 Å². The second-order valence-electron chi connectivity index (χ2n) is 6.45. The third-order valence-corrected chi connectivity index (χ3v) is 7.01. The average Bonchev–Trinajstić information content (AvgIpc) is 3.08. The SMILES string of the molecule is C[S@@](=O)c1nc(Cl)c(C#N)c(N2CC3(CCc4sc(N)c(C#N)c43)C2)n1. The van der Waals surface area contributed by atoms with E-state index < -0.39 is 10.8 Å². The standard InChI is InChI=1S/C16H13ClN6OS2/c1-26(24)15-21-12(17)9(5-19)14(22-15)23-6-16(7-23)3-2-10-11(16)8(4-18)13(20)25-10/h2-3,6-7,20H2,1H3/t26-/m1/s1. The Morgan fingerprint density at radius 1 is 1.31 bits per heavy atom. The number of fused-ring (bicyclic) bond motifs is 2. The number of hydrogen-bond donors (Lipinski definition) is 1. The lowest BCUT2D eigenvalue weighted by Crippen LogP contribution is -2.59. The van der Waals surface area contributed by atoms with Crippen LogP contribution in [0.25, 0.3) is 0 Å². The topological polar surface area (TPSA) is 120 Å². The van der Waals surface area contributed by atoms with E-state index in [1.807, 2.05) is 11.0 Å². The Bertz CT molecular complexity index is 1040. The van der Waals surface area contributed by atoms with E-state index >= 15 is 0 Å². The van der Waals surface area contributed by atoms with Crippen molar-refractivity contribution in [3.8, 4) is 12.1 Å². The van der Waals surface area contributed by atoms with E-state index in [0.29, 0.717) is 29.5 Å². The van der Waals surface area contributed by atoms with E-state index in [-0.39, 0.29) is 21.3 Å². The molecule has 3 heterocycles. The van der Waals surface area contributed by atoms with Gasteiger partial charge in [0.05, 0.1) is 16.4 Å². The summed E-state index contributed by atoms with van der Waals surface area (Å²) in [5.74, 6) is 0.401. The van der Waals surface area contributed by atoms with Crippen molar-refractivity contribution in [1.29, 1.82) is 10.5 Å². The van der Waals surface area contributed by atoms with Crippen LogP contribution in [0.4, 0.5) is 10.8 Å². The molecule has 1 spiro atoms. The highest BCUT2D eigenvalue weighted by Gasteiger charge is 2.52. The van der Waals surface area contributed by atoms with Gasteiger partial charge in [-0.05, 0) is 18.4 Å². The molecule has 0 saturated carbocycles. The number of thiophene rings is 1. The molecule has 0 radical (unpaired) electrons. The molecule has 2 N–H and O–H groups in total. The number of aromatic nitrogens is 2. The van der Waals surface area contributed by atoms with Gasteiger partial charge < -0.3 is 10.6 Å². The molecule has 10 heteroatoms. The monoisotopic (exact) mass is 404 g/mol. The minimum atomic E-state index is -1.40. The zero-order valence-electron chi connectivity index (χ0n) is 13.7. The van der Waals surface area contributed by atoms with Gasteiger partial charge >= 0.3 is 0 Å². The smallest absolute Gasteiger partial charge is 0.221 e. The summed E-state index contributed by atoms with van der Waals surface area (Å²) in [5, 5.41) is 19.6. The van der Waals surface area contributed by atoms with Crippen molar-refractivity contribution in [2.45, 2.75) is 23.4 Å². The lowest BCUT2D eigenvalue weighted by molar-refractivity contribution is 0.326. The van der Waals surface area contributed by atoms with Gasteiger partial charge in [0.1, 0.15) is 22.7 Å². The van der Waals surface area contributed by atoms with Crippen molar-refractivity contribution in [1.82, 2.24) is 9.97 Å². The predicted molar refractivity (Wildman–Crippen MR) is 99.7 cm³/mol. The summed E-state index contributed by atoms with van der Waals surface area (Å²) in [6.07, 6.45) is 3.31. The van der Waals surface area contributed by atoms with Crippen LogP contribution in [0.5, 0.6) is 0 Å². The van der Waals surface area contributed by atoms with E-state index in [4.69, 9.17) is 17.3 Å². The summed E-state index contributed by atoms with van der Waals surface area (Å²) >= 11 is 7.59. The van der Waals surface area contributed by atoms with Crippen LogP contribution < -0.4 is 10.6 Å². The molecule has 1 atom stereocenters. The third-order valence-electron chi connectivity index (χ3n) is 4.96. The third kappa shape index (κ3) is 2.32. The van der Waals surface area contributed by atoms with E-state index in [2.05, 4.69) is 16.0 Å².